The number of carbonyl (C=O) groups is 1. The SMILES string of the molecule is Cc1ccc(C(=O)N2CCc3ncc(Cl)cc3C2)s1. The highest BCUT2D eigenvalue weighted by atomic mass is 35.5. The smallest absolute Gasteiger partial charge is 0.264 e. The third-order valence-corrected chi connectivity index (χ3v) is 4.44. The lowest BCUT2D eigenvalue weighted by Gasteiger charge is -2.27. The molecule has 3 heterocycles. The van der Waals surface area contributed by atoms with Gasteiger partial charge in [0.15, 0.2) is 0 Å². The molecule has 0 radical (unpaired) electrons. The van der Waals surface area contributed by atoms with Crippen molar-refractivity contribution in [1.82, 2.24) is 9.88 Å². The van der Waals surface area contributed by atoms with Crippen molar-refractivity contribution in [2.45, 2.75) is 19.9 Å². The first-order valence-corrected chi connectivity index (χ1v) is 7.32. The summed E-state index contributed by atoms with van der Waals surface area (Å²) in [5.41, 5.74) is 2.11. The molecule has 0 bridgehead atoms. The van der Waals surface area contributed by atoms with Crippen LogP contribution in [-0.4, -0.2) is 22.3 Å². The van der Waals surface area contributed by atoms with E-state index in [1.54, 1.807) is 17.5 Å². The van der Waals surface area contributed by atoms with Crippen LogP contribution in [0.25, 0.3) is 0 Å². The van der Waals surface area contributed by atoms with E-state index in [4.69, 9.17) is 11.6 Å². The summed E-state index contributed by atoms with van der Waals surface area (Å²) >= 11 is 7.50. The maximum atomic E-state index is 12.4. The summed E-state index contributed by atoms with van der Waals surface area (Å²) < 4.78 is 0. The number of thiophene rings is 1. The average Bonchev–Trinajstić information content (AvgIpc) is 2.83. The van der Waals surface area contributed by atoms with Gasteiger partial charge in [-0.05, 0) is 30.7 Å². The first-order chi connectivity index (χ1) is 9.13. The summed E-state index contributed by atoms with van der Waals surface area (Å²) in [6.07, 6.45) is 2.46. The summed E-state index contributed by atoms with van der Waals surface area (Å²) in [6.45, 7) is 3.33. The Morgan fingerprint density at radius 1 is 1.47 bits per heavy atom. The molecule has 2 aromatic rings. The Morgan fingerprint density at radius 2 is 2.32 bits per heavy atom. The highest BCUT2D eigenvalue weighted by Gasteiger charge is 2.23. The van der Waals surface area contributed by atoms with Gasteiger partial charge >= 0.3 is 0 Å². The van der Waals surface area contributed by atoms with Crippen LogP contribution < -0.4 is 0 Å². The zero-order valence-corrected chi connectivity index (χ0v) is 12.1. The lowest BCUT2D eigenvalue weighted by atomic mass is 10.1. The fraction of sp³-hybridized carbons (Fsp3) is 0.286. The van der Waals surface area contributed by atoms with Crippen LogP contribution in [0, 0.1) is 6.92 Å². The van der Waals surface area contributed by atoms with Crippen molar-refractivity contribution in [3.63, 3.8) is 0 Å². The van der Waals surface area contributed by atoms with E-state index in [-0.39, 0.29) is 5.91 Å². The van der Waals surface area contributed by atoms with Crippen LogP contribution in [0.5, 0.6) is 0 Å². The molecule has 0 N–H and O–H groups in total. The van der Waals surface area contributed by atoms with E-state index >= 15 is 0 Å². The maximum Gasteiger partial charge on any atom is 0.264 e. The van der Waals surface area contributed by atoms with Crippen LogP contribution in [0.2, 0.25) is 5.02 Å². The number of nitrogens with zero attached hydrogens (tertiary/aromatic N) is 2. The molecule has 19 heavy (non-hydrogen) atoms. The van der Waals surface area contributed by atoms with Crippen molar-refractivity contribution in [1.29, 1.82) is 0 Å². The van der Waals surface area contributed by atoms with Crippen molar-refractivity contribution < 1.29 is 4.79 Å². The van der Waals surface area contributed by atoms with Gasteiger partial charge in [-0.2, -0.15) is 0 Å². The molecule has 0 spiro atoms. The van der Waals surface area contributed by atoms with E-state index in [0.29, 0.717) is 11.6 Å². The number of amides is 1. The molecule has 2 aromatic heterocycles. The predicted octanol–water partition coefficient (Wildman–Crippen LogP) is 3.30. The van der Waals surface area contributed by atoms with Gasteiger partial charge < -0.3 is 4.90 Å². The largest absolute Gasteiger partial charge is 0.333 e. The summed E-state index contributed by atoms with van der Waals surface area (Å²) in [6, 6.07) is 5.78. The van der Waals surface area contributed by atoms with Crippen LogP contribution >= 0.6 is 22.9 Å². The highest BCUT2D eigenvalue weighted by molar-refractivity contribution is 7.13. The molecule has 0 fully saturated rings. The van der Waals surface area contributed by atoms with Gasteiger partial charge in [-0.1, -0.05) is 11.6 Å². The normalized spacial score (nSPS) is 14.3. The summed E-state index contributed by atoms with van der Waals surface area (Å²) in [5.74, 6) is 0.101. The third kappa shape index (κ3) is 2.51. The van der Waals surface area contributed by atoms with E-state index in [9.17, 15) is 4.79 Å². The maximum absolute atomic E-state index is 12.4. The van der Waals surface area contributed by atoms with Gasteiger partial charge in [-0.3, -0.25) is 9.78 Å². The molecule has 5 heteroatoms. The van der Waals surface area contributed by atoms with Gasteiger partial charge in [-0.15, -0.1) is 11.3 Å². The van der Waals surface area contributed by atoms with Crippen molar-refractivity contribution in [3.8, 4) is 0 Å². The van der Waals surface area contributed by atoms with E-state index in [1.807, 2.05) is 30.0 Å². The first kappa shape index (κ1) is 12.6. The number of fused-ring (bicyclic) bond motifs is 1. The third-order valence-electron chi connectivity index (χ3n) is 3.24. The van der Waals surface area contributed by atoms with Crippen LogP contribution in [0.15, 0.2) is 24.4 Å². The van der Waals surface area contributed by atoms with Crippen LogP contribution in [0.3, 0.4) is 0 Å². The van der Waals surface area contributed by atoms with E-state index in [2.05, 4.69) is 4.98 Å². The minimum absolute atomic E-state index is 0.101. The molecule has 0 atom stereocenters. The molecule has 1 amide bonds. The number of rotatable bonds is 1. The number of hydrogen-bond acceptors (Lipinski definition) is 3. The molecule has 0 saturated heterocycles. The van der Waals surface area contributed by atoms with Crippen LogP contribution in [0.1, 0.15) is 25.8 Å². The molecule has 3 nitrogen and oxygen atoms in total. The monoisotopic (exact) mass is 292 g/mol. The number of aryl methyl sites for hydroxylation is 1. The van der Waals surface area contributed by atoms with Crippen molar-refractivity contribution in [2.75, 3.05) is 6.54 Å². The Hall–Kier alpha value is -1.39. The van der Waals surface area contributed by atoms with Gasteiger partial charge in [0, 0.05) is 36.3 Å². The number of pyridine rings is 1. The number of aromatic nitrogens is 1. The van der Waals surface area contributed by atoms with Crippen LogP contribution in [0.4, 0.5) is 0 Å². The molecular formula is C14H13ClN2OS. The topological polar surface area (TPSA) is 33.2 Å². The molecule has 1 aliphatic heterocycles. The van der Waals surface area contributed by atoms with Gasteiger partial charge in [-0.25, -0.2) is 0 Å². The zero-order valence-electron chi connectivity index (χ0n) is 10.5. The Labute approximate surface area is 120 Å². The quantitative estimate of drug-likeness (QED) is 0.808. The molecule has 0 aliphatic carbocycles. The molecule has 98 valence electrons. The summed E-state index contributed by atoms with van der Waals surface area (Å²) in [7, 11) is 0. The number of carbonyl (C=O) groups excluding carboxylic acids is 1. The lowest BCUT2D eigenvalue weighted by Crippen LogP contribution is -2.35. The Bertz CT molecular complexity index is 638. The van der Waals surface area contributed by atoms with Crippen molar-refractivity contribution >= 4 is 28.8 Å². The lowest BCUT2D eigenvalue weighted by molar-refractivity contribution is 0.0738. The van der Waals surface area contributed by atoms with E-state index in [0.717, 1.165) is 34.0 Å². The Balaban J connectivity index is 1.83. The highest BCUT2D eigenvalue weighted by Crippen LogP contribution is 2.24. The Kier molecular flexibility index (Phi) is 3.29. The fourth-order valence-electron chi connectivity index (χ4n) is 2.28. The molecule has 1 aliphatic rings. The fourth-order valence-corrected chi connectivity index (χ4v) is 3.29. The molecule has 0 aromatic carbocycles. The van der Waals surface area contributed by atoms with Gasteiger partial charge in [0.2, 0.25) is 0 Å². The standard InChI is InChI=1S/C14H13ClN2OS/c1-9-2-3-13(19-9)14(18)17-5-4-12-10(8-17)6-11(15)7-16-12/h2-3,6-7H,4-5,8H2,1H3. The number of hydrogen-bond donors (Lipinski definition) is 0. The first-order valence-electron chi connectivity index (χ1n) is 6.12. The number of halogens is 1. The second-order valence-corrected chi connectivity index (χ2v) is 6.37. The van der Waals surface area contributed by atoms with Crippen molar-refractivity contribution in [2.24, 2.45) is 0 Å². The van der Waals surface area contributed by atoms with Crippen LogP contribution in [-0.2, 0) is 13.0 Å². The summed E-state index contributed by atoms with van der Waals surface area (Å²) in [5, 5.41) is 0.625. The minimum Gasteiger partial charge on any atom is -0.333 e. The van der Waals surface area contributed by atoms with E-state index < -0.39 is 0 Å². The van der Waals surface area contributed by atoms with Gasteiger partial charge in [0.25, 0.3) is 5.91 Å². The zero-order chi connectivity index (χ0) is 13.4. The second-order valence-electron chi connectivity index (χ2n) is 4.65. The minimum atomic E-state index is 0.101. The Morgan fingerprint density at radius 3 is 3.05 bits per heavy atom. The molecule has 0 saturated carbocycles. The molecule has 3 rings (SSSR count). The van der Waals surface area contributed by atoms with E-state index in [1.165, 1.54) is 0 Å². The average molecular weight is 293 g/mol. The van der Waals surface area contributed by atoms with Gasteiger partial charge in [0.05, 0.1) is 9.90 Å². The van der Waals surface area contributed by atoms with Crippen molar-refractivity contribution in [3.05, 3.63) is 50.4 Å². The van der Waals surface area contributed by atoms with Gasteiger partial charge in [0.1, 0.15) is 0 Å². The molecule has 0 unspecified atom stereocenters. The summed E-state index contributed by atoms with van der Waals surface area (Å²) in [4.78, 5) is 20.5. The predicted molar refractivity (Wildman–Crippen MR) is 76.7 cm³/mol. The second kappa shape index (κ2) is 4.94. The molecular weight excluding hydrogens is 280 g/mol.